The number of hydrogen-bond acceptors (Lipinski definition) is 4. The van der Waals surface area contributed by atoms with E-state index in [9.17, 15) is 5.11 Å². The molecule has 104 valence electrons. The van der Waals surface area contributed by atoms with Crippen LogP contribution in [0, 0.1) is 0 Å². The second-order valence-corrected chi connectivity index (χ2v) is 4.01. The van der Waals surface area contributed by atoms with Crippen LogP contribution in [0.25, 0.3) is 0 Å². The van der Waals surface area contributed by atoms with E-state index in [1.165, 1.54) is 0 Å². The maximum atomic E-state index is 9.96. The fourth-order valence-corrected chi connectivity index (χ4v) is 1.82. The molecule has 3 N–H and O–H groups in total. The Labute approximate surface area is 115 Å². The smallest absolute Gasteiger partial charge is 0.131 e. The first-order chi connectivity index (χ1) is 8.13. The number of nitrogens with two attached hydrogens (primary N) is 1. The lowest BCUT2D eigenvalue weighted by molar-refractivity contribution is 0.373. The maximum Gasteiger partial charge on any atom is 0.131 e. The van der Waals surface area contributed by atoms with Gasteiger partial charge in [0.2, 0.25) is 0 Å². The van der Waals surface area contributed by atoms with Gasteiger partial charge in [0.25, 0.3) is 0 Å². The molecule has 0 unspecified atom stereocenters. The van der Waals surface area contributed by atoms with Crippen LogP contribution in [0.3, 0.4) is 0 Å². The maximum absolute atomic E-state index is 9.96. The molecule has 0 aliphatic heterocycles. The van der Waals surface area contributed by atoms with Crippen LogP contribution in [0.1, 0.15) is 37.8 Å². The van der Waals surface area contributed by atoms with Crippen molar-refractivity contribution in [2.24, 2.45) is 5.73 Å². The van der Waals surface area contributed by atoms with E-state index >= 15 is 0 Å². The van der Waals surface area contributed by atoms with Gasteiger partial charge < -0.3 is 20.3 Å². The lowest BCUT2D eigenvalue weighted by Gasteiger charge is -2.18. The van der Waals surface area contributed by atoms with Gasteiger partial charge in [0.05, 0.1) is 19.8 Å². The molecule has 0 radical (unpaired) electrons. The van der Waals surface area contributed by atoms with Crippen molar-refractivity contribution in [3.63, 3.8) is 0 Å². The molecule has 1 atom stereocenters. The third-order valence-electron chi connectivity index (χ3n) is 2.79. The summed E-state index contributed by atoms with van der Waals surface area (Å²) in [6.45, 7) is 2.11. The number of phenols is 1. The number of benzene rings is 1. The summed E-state index contributed by atoms with van der Waals surface area (Å²) in [6.07, 6.45) is 2.93. The lowest BCUT2D eigenvalue weighted by Crippen LogP contribution is -2.12. The highest BCUT2D eigenvalue weighted by molar-refractivity contribution is 5.85. The molecule has 0 saturated carbocycles. The molecule has 0 aromatic heterocycles. The van der Waals surface area contributed by atoms with Gasteiger partial charge >= 0.3 is 0 Å². The van der Waals surface area contributed by atoms with Gasteiger partial charge in [-0.3, -0.25) is 0 Å². The Morgan fingerprint density at radius 1 is 1.28 bits per heavy atom. The highest BCUT2D eigenvalue weighted by Gasteiger charge is 2.18. The quantitative estimate of drug-likeness (QED) is 0.838. The van der Waals surface area contributed by atoms with Gasteiger partial charge in [-0.1, -0.05) is 19.8 Å². The Balaban J connectivity index is 0.00000289. The number of ether oxygens (including phenoxy) is 2. The molecular weight excluding hydrogens is 254 g/mol. The van der Waals surface area contributed by atoms with Crippen LogP contribution in [0.5, 0.6) is 17.2 Å². The van der Waals surface area contributed by atoms with Gasteiger partial charge in [-0.2, -0.15) is 0 Å². The van der Waals surface area contributed by atoms with Crippen molar-refractivity contribution in [1.82, 2.24) is 0 Å². The third-order valence-corrected chi connectivity index (χ3v) is 2.79. The Morgan fingerprint density at radius 3 is 2.44 bits per heavy atom. The zero-order valence-corrected chi connectivity index (χ0v) is 11.9. The standard InChI is InChI=1S/C13H21NO3.ClH/c1-4-5-6-10(14)13-11(15)7-9(16-2)8-12(13)17-3;/h7-8,10,15H,4-6,14H2,1-3H3;1H/t10-;/m1./s1. The third kappa shape index (κ3) is 3.96. The number of aromatic hydroxyl groups is 1. The van der Waals surface area contributed by atoms with E-state index in [4.69, 9.17) is 15.2 Å². The van der Waals surface area contributed by atoms with Crippen LogP contribution in [0.2, 0.25) is 0 Å². The second kappa shape index (κ2) is 8.06. The highest BCUT2D eigenvalue weighted by atomic mass is 35.5. The average molecular weight is 276 g/mol. The predicted octanol–water partition coefficient (Wildman–Crippen LogP) is 3.02. The molecule has 0 saturated heterocycles. The molecule has 4 nitrogen and oxygen atoms in total. The summed E-state index contributed by atoms with van der Waals surface area (Å²) in [5, 5.41) is 9.96. The molecule has 1 aromatic carbocycles. The summed E-state index contributed by atoms with van der Waals surface area (Å²) in [4.78, 5) is 0. The summed E-state index contributed by atoms with van der Waals surface area (Å²) >= 11 is 0. The summed E-state index contributed by atoms with van der Waals surface area (Å²) in [5.74, 6) is 1.26. The molecule has 0 spiro atoms. The molecule has 0 aliphatic rings. The normalized spacial score (nSPS) is 11.6. The van der Waals surface area contributed by atoms with Crippen molar-refractivity contribution in [1.29, 1.82) is 0 Å². The lowest BCUT2D eigenvalue weighted by atomic mass is 10.00. The van der Waals surface area contributed by atoms with Crippen LogP contribution < -0.4 is 15.2 Å². The van der Waals surface area contributed by atoms with E-state index in [0.717, 1.165) is 19.3 Å². The number of hydrogen-bond donors (Lipinski definition) is 2. The molecule has 1 rings (SSSR count). The first-order valence-corrected chi connectivity index (χ1v) is 5.84. The van der Waals surface area contributed by atoms with Crippen molar-refractivity contribution < 1.29 is 14.6 Å². The van der Waals surface area contributed by atoms with Gasteiger partial charge in [0.15, 0.2) is 0 Å². The molecule has 0 amide bonds. The molecule has 1 aromatic rings. The van der Waals surface area contributed by atoms with E-state index in [1.54, 1.807) is 26.4 Å². The van der Waals surface area contributed by atoms with E-state index < -0.39 is 0 Å². The first-order valence-electron chi connectivity index (χ1n) is 5.84. The minimum absolute atomic E-state index is 0. The molecule has 5 heteroatoms. The fourth-order valence-electron chi connectivity index (χ4n) is 1.82. The van der Waals surface area contributed by atoms with Gasteiger partial charge in [-0.25, -0.2) is 0 Å². The van der Waals surface area contributed by atoms with Crippen molar-refractivity contribution in [2.75, 3.05) is 14.2 Å². The zero-order chi connectivity index (χ0) is 12.8. The monoisotopic (exact) mass is 275 g/mol. The largest absolute Gasteiger partial charge is 0.507 e. The van der Waals surface area contributed by atoms with E-state index in [-0.39, 0.29) is 24.2 Å². The Kier molecular flexibility index (Phi) is 7.55. The molecule has 0 fully saturated rings. The Bertz CT molecular complexity index is 371. The van der Waals surface area contributed by atoms with Gasteiger partial charge in [-0.15, -0.1) is 12.4 Å². The topological polar surface area (TPSA) is 64.7 Å². The molecule has 0 aliphatic carbocycles. The van der Waals surface area contributed by atoms with Gasteiger partial charge in [-0.05, 0) is 6.42 Å². The first kappa shape index (κ1) is 16.9. The SMILES string of the molecule is CCCC[C@@H](N)c1c(O)cc(OC)cc1OC.Cl. The number of halogens is 1. The summed E-state index contributed by atoms with van der Waals surface area (Å²) in [6, 6.07) is 3.08. The zero-order valence-electron chi connectivity index (χ0n) is 11.1. The van der Waals surface area contributed by atoms with Gasteiger partial charge in [0, 0.05) is 18.2 Å². The summed E-state index contributed by atoms with van der Waals surface area (Å²) < 4.78 is 10.3. The molecule has 18 heavy (non-hydrogen) atoms. The van der Waals surface area contributed by atoms with Crippen molar-refractivity contribution in [2.45, 2.75) is 32.2 Å². The molecule has 0 heterocycles. The fraction of sp³-hybridized carbons (Fsp3) is 0.538. The van der Waals surface area contributed by atoms with Crippen LogP contribution >= 0.6 is 12.4 Å². The molecular formula is C13H22ClNO3. The van der Waals surface area contributed by atoms with Crippen LogP contribution in [-0.4, -0.2) is 19.3 Å². The number of methoxy groups -OCH3 is 2. The highest BCUT2D eigenvalue weighted by Crippen LogP contribution is 2.38. The van der Waals surface area contributed by atoms with E-state index in [1.807, 2.05) is 0 Å². The van der Waals surface area contributed by atoms with Crippen LogP contribution in [0.15, 0.2) is 12.1 Å². The predicted molar refractivity (Wildman–Crippen MR) is 74.9 cm³/mol. The molecule has 0 bridgehead atoms. The van der Waals surface area contributed by atoms with Crippen molar-refractivity contribution in [3.05, 3.63) is 17.7 Å². The van der Waals surface area contributed by atoms with Gasteiger partial charge in [0.1, 0.15) is 17.2 Å². The van der Waals surface area contributed by atoms with Crippen LogP contribution in [-0.2, 0) is 0 Å². The van der Waals surface area contributed by atoms with Crippen LogP contribution in [0.4, 0.5) is 0 Å². The van der Waals surface area contributed by atoms with Crippen molar-refractivity contribution in [3.8, 4) is 17.2 Å². The average Bonchev–Trinajstić information content (AvgIpc) is 2.34. The second-order valence-electron chi connectivity index (χ2n) is 4.01. The minimum atomic E-state index is -0.212. The van der Waals surface area contributed by atoms with E-state index in [2.05, 4.69) is 6.92 Å². The Hall–Kier alpha value is -1.13. The number of rotatable bonds is 6. The number of phenolic OH excluding ortho intramolecular Hbond substituents is 1. The summed E-state index contributed by atoms with van der Waals surface area (Å²) in [7, 11) is 3.11. The number of unbranched alkanes of at least 4 members (excludes halogenated alkanes) is 1. The Morgan fingerprint density at radius 2 is 1.94 bits per heavy atom. The minimum Gasteiger partial charge on any atom is -0.507 e. The van der Waals surface area contributed by atoms with E-state index in [0.29, 0.717) is 17.1 Å². The summed E-state index contributed by atoms with van der Waals surface area (Å²) in [5.41, 5.74) is 6.72. The van der Waals surface area contributed by atoms with Crippen molar-refractivity contribution >= 4 is 12.4 Å².